The molecule has 0 heterocycles. The third-order valence-corrected chi connectivity index (χ3v) is 6.50. The van der Waals surface area contributed by atoms with Crippen LogP contribution < -0.4 is 0 Å². The summed E-state index contributed by atoms with van der Waals surface area (Å²) in [5.41, 5.74) is -8.78. The van der Waals surface area contributed by atoms with Crippen LogP contribution in [-0.4, -0.2) is 0 Å². The van der Waals surface area contributed by atoms with E-state index >= 15 is 0 Å². The van der Waals surface area contributed by atoms with Gasteiger partial charge in [0.2, 0.25) is 0 Å². The van der Waals surface area contributed by atoms with E-state index in [1.165, 1.54) is 0 Å². The maximum Gasteiger partial charge on any atom is 0.0636 e. The quantitative estimate of drug-likeness (QED) is 0.175. The highest BCUT2D eigenvalue weighted by Gasteiger charge is 2.17. The zero-order valence-corrected chi connectivity index (χ0v) is 22.0. The Bertz CT molecular complexity index is 3840. The first-order valence-corrected chi connectivity index (χ1v) is 12.8. The smallest absolute Gasteiger partial charge is 0.0622 e. The van der Waals surface area contributed by atoms with Crippen LogP contribution in [0.4, 0.5) is 0 Å². The Morgan fingerprint density at radius 1 is 0.227 bits per heavy atom. The van der Waals surface area contributed by atoms with Gasteiger partial charge in [0.25, 0.3) is 0 Å². The molecule has 0 spiro atoms. The van der Waals surface area contributed by atoms with Crippen molar-refractivity contribution in [2.45, 2.75) is 0 Å². The lowest BCUT2D eigenvalue weighted by molar-refractivity contribution is 1.58. The molecule has 0 aliphatic rings. The molecule has 0 unspecified atom stereocenters. The Morgan fingerprint density at radius 2 is 0.591 bits per heavy atom. The van der Waals surface area contributed by atoms with Gasteiger partial charge < -0.3 is 0 Å². The maximum atomic E-state index is 9.86. The SMILES string of the molecule is [2H]c1c([2H])c([2H])c(-c2c([2H])c([2H])c(-c3c([2H])c([2H])c([2H])c(-c4c5c([2H])c([2H])c([2H])c([2H])c5c(-c5c([2H])c([2H])c([2H])c([2H])c5[2H])c5c([2H])c(-c6c([2H])c([2H])c([2H])c([2H])c6[2H])c([2H])c([2H])c45)c3[2H])c([2H])c2[2H])c([2H])c1[2H]. The topological polar surface area (TPSA) is 0 Å². The lowest BCUT2D eigenvalue weighted by Crippen LogP contribution is -1.92. The summed E-state index contributed by atoms with van der Waals surface area (Å²) < 4.78 is 266. The van der Waals surface area contributed by atoms with Crippen molar-refractivity contribution in [2.75, 3.05) is 0 Å². The monoisotopic (exact) mass is 588 g/mol. The van der Waals surface area contributed by atoms with Gasteiger partial charge in [-0.05, 0) is 89.3 Å². The van der Waals surface area contributed by atoms with E-state index in [0.29, 0.717) is 0 Å². The Kier molecular flexibility index (Phi) is 2.38. The molecule has 0 N–H and O–H groups in total. The van der Waals surface area contributed by atoms with Crippen LogP contribution in [0.1, 0.15) is 41.1 Å². The van der Waals surface area contributed by atoms with Crippen LogP contribution >= 0.6 is 0 Å². The van der Waals surface area contributed by atoms with Gasteiger partial charge in [-0.2, -0.15) is 0 Å². The molecule has 0 amide bonds. The van der Waals surface area contributed by atoms with Crippen molar-refractivity contribution in [3.05, 3.63) is 181 Å². The minimum atomic E-state index is -1.18. The van der Waals surface area contributed by atoms with E-state index in [1.54, 1.807) is 0 Å². The molecule has 44 heavy (non-hydrogen) atoms. The molecule has 0 fully saturated rings. The summed E-state index contributed by atoms with van der Waals surface area (Å²) in [7, 11) is 0. The zero-order chi connectivity index (χ0) is 55.4. The predicted molar refractivity (Wildman–Crippen MR) is 189 cm³/mol. The fraction of sp³-hybridized carbons (Fsp3) is 0. The molecule has 0 aliphatic heterocycles. The second-order valence-corrected chi connectivity index (χ2v) is 9.00. The highest BCUT2D eigenvalue weighted by molar-refractivity contribution is 6.22. The standard InChI is InChI=1S/C44H30/c1-4-13-31(14-5-1)33-23-25-34(26-24-33)36-19-12-20-38(29-36)44-40-22-11-10-21-39(40)43(35-17-8-3-9-18-35)42-30-37(27-28-41(42)44)32-15-6-2-7-16-32/h1-30H/i1D,2D,3D,4D,5D,6D,7D,8D,9D,10D,11D,12D,13D,14D,15D,16D,17D,18D,19D,20D,21D,22D,23D,24D,25D,26D,27D,28D,29D,30D. The lowest BCUT2D eigenvalue weighted by Gasteiger charge is -2.19. The molecule has 0 radical (unpaired) electrons. The van der Waals surface area contributed by atoms with Crippen molar-refractivity contribution in [2.24, 2.45) is 0 Å². The third kappa shape index (κ3) is 4.68. The van der Waals surface area contributed by atoms with Gasteiger partial charge in [-0.1, -0.05) is 169 Å². The van der Waals surface area contributed by atoms with Crippen molar-refractivity contribution in [1.29, 1.82) is 0 Å². The molecule has 0 saturated carbocycles. The van der Waals surface area contributed by atoms with Crippen LogP contribution in [0.25, 0.3) is 77.2 Å². The number of rotatable bonds is 5. The largest absolute Gasteiger partial charge is 0.0636 e. The van der Waals surface area contributed by atoms with Gasteiger partial charge in [0, 0.05) is 0 Å². The van der Waals surface area contributed by atoms with Gasteiger partial charge in [-0.3, -0.25) is 0 Å². The molecule has 0 bridgehead atoms. The predicted octanol–water partition coefficient (Wildman–Crippen LogP) is 12.3. The van der Waals surface area contributed by atoms with Gasteiger partial charge in [-0.25, -0.2) is 0 Å². The van der Waals surface area contributed by atoms with Crippen molar-refractivity contribution >= 4 is 21.5 Å². The van der Waals surface area contributed by atoms with Gasteiger partial charge in [0.1, 0.15) is 0 Å². The van der Waals surface area contributed by atoms with Crippen molar-refractivity contribution in [3.8, 4) is 55.6 Å². The van der Waals surface area contributed by atoms with E-state index in [4.69, 9.17) is 31.5 Å². The Balaban J connectivity index is 1.70. The molecule has 0 heteroatoms. The summed E-state index contributed by atoms with van der Waals surface area (Å²) >= 11 is 0. The number of hydrogen-bond acceptors (Lipinski definition) is 0. The van der Waals surface area contributed by atoms with Gasteiger partial charge >= 0.3 is 0 Å². The second-order valence-electron chi connectivity index (χ2n) is 9.00. The van der Waals surface area contributed by atoms with Gasteiger partial charge in [0.05, 0.1) is 41.1 Å². The van der Waals surface area contributed by atoms with Gasteiger partial charge in [-0.15, -0.1) is 0 Å². The minimum Gasteiger partial charge on any atom is -0.0622 e. The molecule has 206 valence electrons. The molecular weight excluding hydrogens is 528 g/mol. The van der Waals surface area contributed by atoms with Crippen LogP contribution in [-0.2, 0) is 0 Å². The van der Waals surface area contributed by atoms with E-state index in [-0.39, 0.29) is 0 Å². The summed E-state index contributed by atoms with van der Waals surface area (Å²) in [5.74, 6) is 0. The molecule has 0 atom stereocenters. The molecule has 8 aromatic rings. The molecule has 0 aliphatic carbocycles. The van der Waals surface area contributed by atoms with Crippen molar-refractivity contribution < 1.29 is 41.1 Å². The molecule has 0 saturated heterocycles. The average molecular weight is 589 g/mol. The third-order valence-electron chi connectivity index (χ3n) is 6.50. The number of fused-ring (bicyclic) bond motifs is 2. The van der Waals surface area contributed by atoms with Crippen LogP contribution in [0, 0.1) is 0 Å². The van der Waals surface area contributed by atoms with Crippen LogP contribution in [0.3, 0.4) is 0 Å². The summed E-state index contributed by atoms with van der Waals surface area (Å²) in [6, 6.07) is -31.0. The fourth-order valence-corrected chi connectivity index (χ4v) is 4.62. The van der Waals surface area contributed by atoms with Crippen LogP contribution in [0.15, 0.2) is 181 Å². The number of benzene rings is 8. The molecular formula is C44H30. The molecule has 8 aromatic carbocycles. The summed E-state index contributed by atoms with van der Waals surface area (Å²) in [6.45, 7) is 0. The van der Waals surface area contributed by atoms with Crippen LogP contribution in [0.5, 0.6) is 0 Å². The van der Waals surface area contributed by atoms with E-state index in [2.05, 4.69) is 0 Å². The highest BCUT2D eigenvalue weighted by atomic mass is 14.2. The Labute approximate surface area is 300 Å². The first-order chi connectivity index (χ1) is 34.3. The van der Waals surface area contributed by atoms with Crippen molar-refractivity contribution in [1.82, 2.24) is 0 Å². The summed E-state index contributed by atoms with van der Waals surface area (Å²) in [6.07, 6.45) is 0. The summed E-state index contributed by atoms with van der Waals surface area (Å²) in [4.78, 5) is 0. The average Bonchev–Trinajstić information content (AvgIpc) is 3.36. The molecule has 0 nitrogen and oxygen atoms in total. The van der Waals surface area contributed by atoms with E-state index in [0.717, 1.165) is 0 Å². The molecule has 8 rings (SSSR count). The lowest BCUT2D eigenvalue weighted by atomic mass is 9.84. The molecule has 0 aromatic heterocycles. The summed E-state index contributed by atoms with van der Waals surface area (Å²) in [5, 5.41) is -3.41. The van der Waals surface area contributed by atoms with E-state index < -0.39 is 258 Å². The Hall–Kier alpha value is -5.72. The Morgan fingerprint density at radius 3 is 1.20 bits per heavy atom. The zero-order valence-electron chi connectivity index (χ0n) is 52.0. The first-order valence-electron chi connectivity index (χ1n) is 27.8. The normalized spacial score (nSPS) is 20.7. The van der Waals surface area contributed by atoms with Crippen molar-refractivity contribution in [3.63, 3.8) is 0 Å². The van der Waals surface area contributed by atoms with Gasteiger partial charge in [0.15, 0.2) is 0 Å². The fourth-order valence-electron chi connectivity index (χ4n) is 4.62. The van der Waals surface area contributed by atoms with Crippen LogP contribution in [0.2, 0.25) is 0 Å². The first kappa shape index (κ1) is 9.39. The second kappa shape index (κ2) is 11.2. The maximum absolute atomic E-state index is 9.86. The minimum absolute atomic E-state index is 0.755. The number of hydrogen-bond donors (Lipinski definition) is 0. The van der Waals surface area contributed by atoms with E-state index in [1.807, 2.05) is 0 Å². The highest BCUT2D eigenvalue weighted by Crippen LogP contribution is 2.45. The van der Waals surface area contributed by atoms with E-state index in [9.17, 15) is 9.60 Å².